The van der Waals surface area contributed by atoms with Crippen LogP contribution < -0.4 is 0 Å². The molecule has 0 aliphatic rings. The molecule has 0 fully saturated rings. The van der Waals surface area contributed by atoms with Crippen LogP contribution in [0.3, 0.4) is 0 Å². The zero-order valence-corrected chi connectivity index (χ0v) is 30.4. The van der Waals surface area contributed by atoms with Gasteiger partial charge in [-0.1, -0.05) is 78.1 Å². The smallest absolute Gasteiger partial charge is 0.149 e. The molecule has 0 saturated heterocycles. The Morgan fingerprint density at radius 2 is 0.628 bits per heavy atom. The molecular weight excluding hydrogens is 583 g/mol. The molecule has 4 atom stereocenters. The van der Waals surface area contributed by atoms with E-state index >= 15 is 0 Å². The highest BCUT2D eigenvalue weighted by atomic mass is 35.5. The summed E-state index contributed by atoms with van der Waals surface area (Å²) in [6.45, 7) is 14.5. The molecule has 0 spiro atoms. The first-order valence-electron chi connectivity index (χ1n) is 18.1. The fourth-order valence-electron chi connectivity index (χ4n) is 5.47. The average molecular weight is 656 g/mol. The van der Waals surface area contributed by atoms with Crippen LogP contribution in [-0.2, 0) is 23.7 Å². The Balaban J connectivity index is 3.10. The highest BCUT2D eigenvalue weighted by molar-refractivity contribution is 6.20. The zero-order chi connectivity index (χ0) is 31.6. The molecule has 0 radical (unpaired) electrons. The van der Waals surface area contributed by atoms with E-state index in [1.807, 2.05) is 0 Å². The van der Waals surface area contributed by atoms with Crippen LogP contribution in [0.2, 0.25) is 0 Å². The highest BCUT2D eigenvalue weighted by Gasteiger charge is 2.07. The molecule has 0 aromatic heterocycles. The van der Waals surface area contributed by atoms with Crippen LogP contribution in [0.15, 0.2) is 0 Å². The second-order valence-corrected chi connectivity index (χ2v) is 14.4. The van der Waals surface area contributed by atoms with Crippen LogP contribution in [0.4, 0.5) is 0 Å². The predicted molar refractivity (Wildman–Crippen MR) is 186 cm³/mol. The number of halogens is 2. The Morgan fingerprint density at radius 3 is 0.953 bits per heavy atom. The van der Waals surface area contributed by atoms with Crippen LogP contribution in [0.5, 0.6) is 0 Å². The molecule has 260 valence electrons. The summed E-state index contributed by atoms with van der Waals surface area (Å²) in [4.78, 5) is 0. The summed E-state index contributed by atoms with van der Waals surface area (Å²) in [6.07, 6.45) is 24.3. The van der Waals surface area contributed by atoms with Gasteiger partial charge in [0.1, 0.15) is 13.6 Å². The minimum atomic E-state index is 0.283. The lowest BCUT2D eigenvalue weighted by Gasteiger charge is -2.12. The Labute approximate surface area is 278 Å². The summed E-state index contributed by atoms with van der Waals surface area (Å²) in [6, 6.07) is 0. The van der Waals surface area contributed by atoms with Crippen LogP contribution >= 0.6 is 23.2 Å². The van der Waals surface area contributed by atoms with Gasteiger partial charge in [0.2, 0.25) is 0 Å². The second kappa shape index (κ2) is 35.2. The van der Waals surface area contributed by atoms with Gasteiger partial charge in [0.05, 0.1) is 0 Å². The molecule has 5 nitrogen and oxygen atoms in total. The summed E-state index contributed by atoms with van der Waals surface area (Å²) in [7, 11) is 0. The van der Waals surface area contributed by atoms with Gasteiger partial charge in [-0.2, -0.15) is 0 Å². The van der Waals surface area contributed by atoms with Gasteiger partial charge < -0.3 is 23.7 Å². The van der Waals surface area contributed by atoms with Crippen molar-refractivity contribution < 1.29 is 23.7 Å². The largest absolute Gasteiger partial charge is 0.381 e. The molecule has 4 unspecified atom stereocenters. The maximum Gasteiger partial charge on any atom is 0.149 e. The third-order valence-electron chi connectivity index (χ3n) is 7.91. The number of hydrogen-bond donors (Lipinski definition) is 0. The predicted octanol–water partition coefficient (Wildman–Crippen LogP) is 11.3. The van der Waals surface area contributed by atoms with E-state index in [0.29, 0.717) is 25.4 Å². The molecular formula is C36H72Cl2O5. The molecule has 0 aromatic carbocycles. The first kappa shape index (κ1) is 43.4. The minimum absolute atomic E-state index is 0.283. The van der Waals surface area contributed by atoms with Crippen molar-refractivity contribution in [2.75, 3.05) is 53.2 Å². The molecule has 0 bridgehead atoms. The third kappa shape index (κ3) is 38.5. The molecule has 0 amide bonds. The Kier molecular flexibility index (Phi) is 35.5. The lowest BCUT2D eigenvalue weighted by atomic mass is 10.0. The standard InChI is InChI=1S/C36H72Cl2O5/c1-33(29-35(3)37)21-19-27-39-23-15-11-7-5-9-13-17-25-41-31-43-32-42-26-18-14-10-6-8-12-16-24-40-28-20-22-34(2)30-36(4)38/h33-36H,5-32H2,1-4H3. The number of alkyl halides is 2. The van der Waals surface area contributed by atoms with Gasteiger partial charge in [-0.3, -0.25) is 0 Å². The minimum Gasteiger partial charge on any atom is -0.381 e. The van der Waals surface area contributed by atoms with E-state index in [0.717, 1.165) is 78.2 Å². The lowest BCUT2D eigenvalue weighted by Crippen LogP contribution is -2.06. The molecule has 0 heterocycles. The second-order valence-electron chi connectivity index (χ2n) is 13.0. The quantitative estimate of drug-likeness (QED) is 0.0382. The van der Waals surface area contributed by atoms with E-state index in [9.17, 15) is 0 Å². The van der Waals surface area contributed by atoms with Gasteiger partial charge in [0, 0.05) is 50.4 Å². The van der Waals surface area contributed by atoms with E-state index in [-0.39, 0.29) is 10.8 Å². The molecule has 0 aliphatic carbocycles. The molecule has 7 heteroatoms. The number of hydrogen-bond acceptors (Lipinski definition) is 5. The monoisotopic (exact) mass is 654 g/mol. The van der Waals surface area contributed by atoms with Crippen LogP contribution in [0.1, 0.15) is 156 Å². The SMILES string of the molecule is CC(Cl)CC(C)CCCOCCCCCCCCCOCOCOCCCCCCCCCOCCCC(C)CC(C)Cl. The zero-order valence-electron chi connectivity index (χ0n) is 28.9. The van der Waals surface area contributed by atoms with Crippen LogP contribution in [-0.4, -0.2) is 64.0 Å². The summed E-state index contributed by atoms with van der Waals surface area (Å²) in [5.74, 6) is 1.40. The summed E-state index contributed by atoms with van der Waals surface area (Å²) < 4.78 is 28.1. The van der Waals surface area contributed by atoms with Gasteiger partial charge in [-0.15, -0.1) is 23.2 Å². The average Bonchev–Trinajstić information content (AvgIpc) is 2.95. The molecule has 0 saturated carbocycles. The van der Waals surface area contributed by atoms with E-state index in [4.69, 9.17) is 46.9 Å². The topological polar surface area (TPSA) is 46.2 Å². The maximum absolute atomic E-state index is 6.05. The molecule has 0 aliphatic heterocycles. The fourth-order valence-corrected chi connectivity index (χ4v) is 6.08. The number of unbranched alkanes of at least 4 members (excludes halogenated alkanes) is 12. The van der Waals surface area contributed by atoms with Gasteiger partial charge in [-0.05, 0) is 89.9 Å². The van der Waals surface area contributed by atoms with E-state index in [2.05, 4.69) is 27.7 Å². The van der Waals surface area contributed by atoms with Gasteiger partial charge in [0.15, 0.2) is 0 Å². The Bertz CT molecular complexity index is 480. The first-order chi connectivity index (χ1) is 20.9. The third-order valence-corrected chi connectivity index (χ3v) is 8.27. The van der Waals surface area contributed by atoms with Crippen LogP contribution in [0, 0.1) is 11.8 Å². The summed E-state index contributed by atoms with van der Waals surface area (Å²) >= 11 is 12.1. The van der Waals surface area contributed by atoms with Crippen LogP contribution in [0.25, 0.3) is 0 Å². The Morgan fingerprint density at radius 1 is 0.349 bits per heavy atom. The summed E-state index contributed by atoms with van der Waals surface area (Å²) in [5, 5.41) is 0.567. The molecule has 0 rings (SSSR count). The van der Waals surface area contributed by atoms with Gasteiger partial charge >= 0.3 is 0 Å². The van der Waals surface area contributed by atoms with Crippen molar-refractivity contribution in [3.63, 3.8) is 0 Å². The lowest BCUT2D eigenvalue weighted by molar-refractivity contribution is -0.131. The first-order valence-corrected chi connectivity index (χ1v) is 19.0. The van der Waals surface area contributed by atoms with Crippen molar-refractivity contribution in [1.29, 1.82) is 0 Å². The Hall–Kier alpha value is 0.380. The van der Waals surface area contributed by atoms with Crippen molar-refractivity contribution in [1.82, 2.24) is 0 Å². The van der Waals surface area contributed by atoms with E-state index in [1.54, 1.807) is 0 Å². The molecule has 0 aromatic rings. The molecule has 0 N–H and O–H groups in total. The van der Waals surface area contributed by atoms with Gasteiger partial charge in [0.25, 0.3) is 0 Å². The van der Waals surface area contributed by atoms with Gasteiger partial charge in [-0.25, -0.2) is 0 Å². The maximum atomic E-state index is 6.05. The van der Waals surface area contributed by atoms with Crippen molar-refractivity contribution in [3.8, 4) is 0 Å². The van der Waals surface area contributed by atoms with Crippen molar-refractivity contribution >= 4 is 23.2 Å². The van der Waals surface area contributed by atoms with Crippen molar-refractivity contribution in [2.24, 2.45) is 11.8 Å². The van der Waals surface area contributed by atoms with Crippen molar-refractivity contribution in [2.45, 2.75) is 167 Å². The van der Waals surface area contributed by atoms with E-state index in [1.165, 1.54) is 89.9 Å². The highest BCUT2D eigenvalue weighted by Crippen LogP contribution is 2.17. The summed E-state index contributed by atoms with van der Waals surface area (Å²) in [5.41, 5.74) is 0. The number of ether oxygens (including phenoxy) is 5. The van der Waals surface area contributed by atoms with E-state index < -0.39 is 0 Å². The van der Waals surface area contributed by atoms with Crippen molar-refractivity contribution in [3.05, 3.63) is 0 Å². The molecule has 43 heavy (non-hydrogen) atoms. The number of rotatable bonds is 36. The fraction of sp³-hybridized carbons (Fsp3) is 1.00. The normalized spacial score (nSPS) is 14.7.